The molecular formula is C21H23N3O3S2. The van der Waals surface area contributed by atoms with Crippen molar-refractivity contribution in [3.05, 3.63) is 53.3 Å². The Bertz CT molecular complexity index is 954. The number of hydrogen-bond acceptors (Lipinski definition) is 7. The van der Waals surface area contributed by atoms with Gasteiger partial charge in [0.2, 0.25) is 0 Å². The summed E-state index contributed by atoms with van der Waals surface area (Å²) < 4.78 is 5.67. The highest BCUT2D eigenvalue weighted by Gasteiger charge is 2.29. The fourth-order valence-electron chi connectivity index (χ4n) is 2.37. The molecule has 0 aliphatic carbocycles. The molecule has 29 heavy (non-hydrogen) atoms. The molecule has 8 heteroatoms. The topological polar surface area (TPSA) is 85.2 Å². The quantitative estimate of drug-likeness (QED) is 0.492. The van der Waals surface area contributed by atoms with Crippen LogP contribution in [0.25, 0.3) is 11.4 Å². The monoisotopic (exact) mass is 429 g/mol. The van der Waals surface area contributed by atoms with E-state index in [1.54, 1.807) is 13.8 Å². The van der Waals surface area contributed by atoms with E-state index in [2.05, 4.69) is 21.9 Å². The molecule has 2 heterocycles. The maximum atomic E-state index is 11.2. The van der Waals surface area contributed by atoms with Gasteiger partial charge >= 0.3 is 5.97 Å². The lowest BCUT2D eigenvalue weighted by Gasteiger charge is -2.15. The summed E-state index contributed by atoms with van der Waals surface area (Å²) in [6.45, 7) is 5.93. The number of ether oxygens (including phenoxy) is 1. The lowest BCUT2D eigenvalue weighted by molar-refractivity contribution is -0.138. The molecule has 0 spiro atoms. The maximum Gasteiger partial charge on any atom is 0.319 e. The smallest absolute Gasteiger partial charge is 0.319 e. The van der Waals surface area contributed by atoms with E-state index in [0.717, 1.165) is 33.3 Å². The standard InChI is InChI=1S/C21H23N3O3S2/c1-4-14-11-22-18(23-12-14)15-5-7-17(8-6-15)27-10-9-16-13-28-20(24-16)29-21(2,3)19(25)26/h5-8,11-13H,4,9-10H2,1-3H3,(H,25,26). The molecule has 2 aromatic heterocycles. The Kier molecular flexibility index (Phi) is 6.87. The van der Waals surface area contributed by atoms with Crippen molar-refractivity contribution in [3.63, 3.8) is 0 Å². The summed E-state index contributed by atoms with van der Waals surface area (Å²) >= 11 is 2.72. The zero-order chi connectivity index (χ0) is 20.9. The molecule has 1 N–H and O–H groups in total. The zero-order valence-electron chi connectivity index (χ0n) is 16.6. The SMILES string of the molecule is CCc1cnc(-c2ccc(OCCc3csc(SC(C)(C)C(=O)O)n3)cc2)nc1. The largest absolute Gasteiger partial charge is 0.493 e. The van der Waals surface area contributed by atoms with Crippen LogP contribution >= 0.6 is 23.1 Å². The van der Waals surface area contributed by atoms with Crippen LogP contribution < -0.4 is 4.74 Å². The fourth-order valence-corrected chi connectivity index (χ4v) is 4.60. The molecule has 0 aliphatic heterocycles. The van der Waals surface area contributed by atoms with Crippen LogP contribution in [-0.2, 0) is 17.6 Å². The number of thiazole rings is 1. The van der Waals surface area contributed by atoms with Crippen molar-refractivity contribution in [2.45, 2.75) is 42.7 Å². The van der Waals surface area contributed by atoms with Gasteiger partial charge in [0.25, 0.3) is 0 Å². The summed E-state index contributed by atoms with van der Waals surface area (Å²) in [7, 11) is 0. The first-order valence-electron chi connectivity index (χ1n) is 9.28. The Hall–Kier alpha value is -2.45. The van der Waals surface area contributed by atoms with Crippen molar-refractivity contribution in [2.24, 2.45) is 0 Å². The van der Waals surface area contributed by atoms with Crippen molar-refractivity contribution in [1.29, 1.82) is 0 Å². The van der Waals surface area contributed by atoms with Crippen LogP contribution in [0.2, 0.25) is 0 Å². The molecule has 0 atom stereocenters. The number of aryl methyl sites for hydroxylation is 1. The third kappa shape index (κ3) is 5.77. The summed E-state index contributed by atoms with van der Waals surface area (Å²) in [6.07, 6.45) is 5.28. The first-order chi connectivity index (χ1) is 13.9. The molecule has 3 aromatic rings. The third-order valence-corrected chi connectivity index (χ3v) is 6.41. The number of benzene rings is 1. The van der Waals surface area contributed by atoms with Gasteiger partial charge in [0.1, 0.15) is 10.5 Å². The second-order valence-corrected chi connectivity index (χ2v) is 9.64. The van der Waals surface area contributed by atoms with Gasteiger partial charge in [-0.05, 0) is 50.1 Å². The number of nitrogens with zero attached hydrogens (tertiary/aromatic N) is 3. The summed E-state index contributed by atoms with van der Waals surface area (Å²) in [4.78, 5) is 24.5. The van der Waals surface area contributed by atoms with Crippen molar-refractivity contribution in [3.8, 4) is 17.1 Å². The van der Waals surface area contributed by atoms with Gasteiger partial charge in [-0.2, -0.15) is 0 Å². The van der Waals surface area contributed by atoms with Gasteiger partial charge in [-0.25, -0.2) is 15.0 Å². The first kappa shape index (κ1) is 21.3. The number of thioether (sulfide) groups is 1. The van der Waals surface area contributed by atoms with Gasteiger partial charge in [0.15, 0.2) is 10.2 Å². The summed E-state index contributed by atoms with van der Waals surface area (Å²) in [5, 5.41) is 11.2. The van der Waals surface area contributed by atoms with Crippen molar-refractivity contribution < 1.29 is 14.6 Å². The second kappa shape index (κ2) is 9.37. The van der Waals surface area contributed by atoms with E-state index in [9.17, 15) is 9.90 Å². The Morgan fingerprint density at radius 1 is 1.21 bits per heavy atom. The molecule has 0 radical (unpaired) electrons. The van der Waals surface area contributed by atoms with Gasteiger partial charge < -0.3 is 9.84 Å². The molecule has 0 bridgehead atoms. The molecule has 0 unspecified atom stereocenters. The van der Waals surface area contributed by atoms with Gasteiger partial charge in [-0.15, -0.1) is 11.3 Å². The molecule has 0 saturated heterocycles. The molecule has 152 valence electrons. The number of carboxylic acids is 1. The fraction of sp³-hybridized carbons (Fsp3) is 0.333. The van der Waals surface area contributed by atoms with Gasteiger partial charge in [-0.3, -0.25) is 4.79 Å². The van der Waals surface area contributed by atoms with E-state index in [1.807, 2.05) is 42.0 Å². The molecule has 1 aromatic carbocycles. The van der Waals surface area contributed by atoms with Crippen LogP contribution in [0.4, 0.5) is 0 Å². The average molecular weight is 430 g/mol. The van der Waals surface area contributed by atoms with E-state index >= 15 is 0 Å². The van der Waals surface area contributed by atoms with Gasteiger partial charge in [0.05, 0.1) is 12.3 Å². The average Bonchev–Trinajstić information content (AvgIpc) is 3.15. The number of carboxylic acid groups (broad SMARTS) is 1. The van der Waals surface area contributed by atoms with Crippen LogP contribution in [0.1, 0.15) is 32.0 Å². The minimum absolute atomic E-state index is 0.497. The highest BCUT2D eigenvalue weighted by Crippen LogP contribution is 2.34. The highest BCUT2D eigenvalue weighted by molar-refractivity contribution is 8.02. The normalized spacial score (nSPS) is 11.4. The molecule has 0 fully saturated rings. The summed E-state index contributed by atoms with van der Waals surface area (Å²) in [5.41, 5.74) is 2.96. The minimum Gasteiger partial charge on any atom is -0.493 e. The molecule has 6 nitrogen and oxygen atoms in total. The third-order valence-electron chi connectivity index (χ3n) is 4.24. The predicted molar refractivity (Wildman–Crippen MR) is 116 cm³/mol. The number of aliphatic carboxylic acids is 1. The molecule has 0 aliphatic rings. The van der Waals surface area contributed by atoms with Crippen molar-refractivity contribution in [2.75, 3.05) is 6.61 Å². The number of hydrogen-bond donors (Lipinski definition) is 1. The summed E-state index contributed by atoms with van der Waals surface area (Å²) in [6, 6.07) is 7.71. The summed E-state index contributed by atoms with van der Waals surface area (Å²) in [5.74, 6) is 0.624. The lowest BCUT2D eigenvalue weighted by Crippen LogP contribution is -2.26. The van der Waals surface area contributed by atoms with E-state index in [1.165, 1.54) is 23.1 Å². The lowest BCUT2D eigenvalue weighted by atomic mass is 10.2. The Labute approximate surface area is 178 Å². The second-order valence-electron chi connectivity index (χ2n) is 6.91. The van der Waals surface area contributed by atoms with Crippen LogP contribution in [0.5, 0.6) is 5.75 Å². The first-order valence-corrected chi connectivity index (χ1v) is 11.0. The van der Waals surface area contributed by atoms with E-state index in [-0.39, 0.29) is 0 Å². The van der Waals surface area contributed by atoms with Crippen LogP contribution in [0, 0.1) is 0 Å². The predicted octanol–water partition coefficient (Wildman–Crippen LogP) is 4.74. The number of carbonyl (C=O) groups is 1. The molecule has 3 rings (SSSR count). The Morgan fingerprint density at radius 2 is 1.90 bits per heavy atom. The number of aromatic nitrogens is 3. The van der Waals surface area contributed by atoms with E-state index < -0.39 is 10.7 Å². The van der Waals surface area contributed by atoms with Gasteiger partial charge in [0, 0.05) is 29.8 Å². The minimum atomic E-state index is -0.895. The van der Waals surface area contributed by atoms with Crippen molar-refractivity contribution >= 4 is 29.1 Å². The Balaban J connectivity index is 1.51. The maximum absolute atomic E-state index is 11.2. The van der Waals surface area contributed by atoms with E-state index in [0.29, 0.717) is 18.9 Å². The van der Waals surface area contributed by atoms with Crippen LogP contribution in [-0.4, -0.2) is 37.4 Å². The van der Waals surface area contributed by atoms with E-state index in [4.69, 9.17) is 4.74 Å². The molecular weight excluding hydrogens is 406 g/mol. The highest BCUT2D eigenvalue weighted by atomic mass is 32.2. The molecule has 0 amide bonds. The zero-order valence-corrected chi connectivity index (χ0v) is 18.2. The molecule has 0 saturated carbocycles. The van der Waals surface area contributed by atoms with Crippen LogP contribution in [0.15, 0.2) is 46.4 Å². The van der Waals surface area contributed by atoms with Crippen LogP contribution in [0.3, 0.4) is 0 Å². The number of rotatable bonds is 9. The van der Waals surface area contributed by atoms with Gasteiger partial charge in [-0.1, -0.05) is 18.7 Å². The Morgan fingerprint density at radius 3 is 2.52 bits per heavy atom. The van der Waals surface area contributed by atoms with Crippen molar-refractivity contribution in [1.82, 2.24) is 15.0 Å².